The average Bonchev–Trinajstić information content (AvgIpc) is 2.22. The summed E-state index contributed by atoms with van der Waals surface area (Å²) in [5.41, 5.74) is 1.27. The van der Waals surface area contributed by atoms with E-state index >= 15 is 0 Å². The Bertz CT molecular complexity index is 280. The molecule has 0 spiro atoms. The van der Waals surface area contributed by atoms with Gasteiger partial charge in [0.1, 0.15) is 5.75 Å². The van der Waals surface area contributed by atoms with Crippen LogP contribution in [-0.4, -0.2) is 9.04 Å². The summed E-state index contributed by atoms with van der Waals surface area (Å²) in [5.74, 6) is 1.11. The van der Waals surface area contributed by atoms with Crippen LogP contribution in [0.15, 0.2) is 24.3 Å². The third-order valence-corrected chi connectivity index (χ3v) is 5.64. The van der Waals surface area contributed by atoms with E-state index in [0.717, 1.165) is 5.75 Å². The lowest BCUT2D eigenvalue weighted by Gasteiger charge is -2.18. The zero-order valence-electron chi connectivity index (χ0n) is 10.1. The first-order chi connectivity index (χ1) is 7.27. The first kappa shape index (κ1) is 12.3. The smallest absolute Gasteiger partial charge is 0.235 e. The molecule has 0 heterocycles. The van der Waals surface area contributed by atoms with Gasteiger partial charge in [0.2, 0.25) is 9.04 Å². The molecule has 84 valence electrons. The second-order valence-electron chi connectivity index (χ2n) is 4.08. The molecule has 0 amide bonds. The van der Waals surface area contributed by atoms with Crippen molar-refractivity contribution < 1.29 is 4.43 Å². The largest absolute Gasteiger partial charge is 0.546 e. The summed E-state index contributed by atoms with van der Waals surface area (Å²) in [6, 6.07) is 10.9. The van der Waals surface area contributed by atoms with E-state index in [9.17, 15) is 0 Å². The normalized spacial score (nSPS) is 10.7. The molecule has 0 aromatic heterocycles. The SMILES string of the molecule is CCC[SiH](CCC)Oc1ccccc1C. The van der Waals surface area contributed by atoms with Crippen LogP contribution in [0, 0.1) is 6.92 Å². The molecular weight excluding hydrogens is 200 g/mol. The topological polar surface area (TPSA) is 9.23 Å². The van der Waals surface area contributed by atoms with E-state index < -0.39 is 9.04 Å². The van der Waals surface area contributed by atoms with Crippen molar-refractivity contribution in [1.82, 2.24) is 0 Å². The zero-order chi connectivity index (χ0) is 11.1. The van der Waals surface area contributed by atoms with Crippen molar-refractivity contribution >= 4 is 9.04 Å². The molecule has 0 unspecified atom stereocenters. The van der Waals surface area contributed by atoms with E-state index in [1.165, 1.54) is 30.5 Å². The molecule has 0 aliphatic carbocycles. The summed E-state index contributed by atoms with van der Waals surface area (Å²) in [5, 5.41) is 0. The molecule has 0 aliphatic heterocycles. The molecule has 0 aliphatic rings. The monoisotopic (exact) mass is 222 g/mol. The maximum atomic E-state index is 6.16. The number of hydrogen-bond acceptors (Lipinski definition) is 1. The van der Waals surface area contributed by atoms with Crippen LogP contribution in [0.25, 0.3) is 0 Å². The molecule has 0 saturated carbocycles. The van der Waals surface area contributed by atoms with Crippen LogP contribution in [0.2, 0.25) is 12.1 Å². The number of rotatable bonds is 6. The third-order valence-electron chi connectivity index (χ3n) is 2.61. The summed E-state index contributed by atoms with van der Waals surface area (Å²) in [7, 11) is -0.988. The Balaban J connectivity index is 2.60. The Morgan fingerprint density at radius 2 is 1.67 bits per heavy atom. The van der Waals surface area contributed by atoms with Crippen molar-refractivity contribution in [3.8, 4) is 5.75 Å². The number of hydrogen-bond donors (Lipinski definition) is 0. The Morgan fingerprint density at radius 3 is 2.20 bits per heavy atom. The van der Waals surface area contributed by atoms with Crippen molar-refractivity contribution in [2.24, 2.45) is 0 Å². The standard InChI is InChI=1S/C13H22OSi/c1-4-10-15(11-5-2)14-13-9-7-6-8-12(13)3/h6-9,15H,4-5,10-11H2,1-3H3. The predicted octanol–water partition coefficient (Wildman–Crippen LogP) is 3.92. The van der Waals surface area contributed by atoms with Crippen molar-refractivity contribution in [3.05, 3.63) is 29.8 Å². The van der Waals surface area contributed by atoms with E-state index in [4.69, 9.17) is 4.43 Å². The van der Waals surface area contributed by atoms with Crippen molar-refractivity contribution in [2.75, 3.05) is 0 Å². The molecule has 1 aromatic carbocycles. The highest BCUT2D eigenvalue weighted by molar-refractivity contribution is 6.52. The molecule has 1 nitrogen and oxygen atoms in total. The minimum atomic E-state index is -0.988. The van der Waals surface area contributed by atoms with Crippen LogP contribution < -0.4 is 4.43 Å². The molecule has 0 saturated heterocycles. The molecule has 1 rings (SSSR count). The van der Waals surface area contributed by atoms with E-state index in [0.29, 0.717) is 0 Å². The fourth-order valence-electron chi connectivity index (χ4n) is 1.77. The summed E-state index contributed by atoms with van der Waals surface area (Å²) >= 11 is 0. The van der Waals surface area contributed by atoms with Crippen molar-refractivity contribution in [3.63, 3.8) is 0 Å². The van der Waals surface area contributed by atoms with Gasteiger partial charge >= 0.3 is 0 Å². The van der Waals surface area contributed by atoms with Gasteiger partial charge in [-0.1, -0.05) is 44.9 Å². The highest BCUT2D eigenvalue weighted by Crippen LogP contribution is 2.20. The van der Waals surface area contributed by atoms with Crippen LogP contribution in [0.5, 0.6) is 5.75 Å². The van der Waals surface area contributed by atoms with Gasteiger partial charge in [-0.25, -0.2) is 0 Å². The third kappa shape index (κ3) is 4.08. The van der Waals surface area contributed by atoms with Crippen molar-refractivity contribution in [1.29, 1.82) is 0 Å². The maximum Gasteiger partial charge on any atom is 0.235 e. The van der Waals surface area contributed by atoms with Crippen molar-refractivity contribution in [2.45, 2.75) is 45.7 Å². The highest BCUT2D eigenvalue weighted by Gasteiger charge is 2.12. The van der Waals surface area contributed by atoms with Gasteiger partial charge in [-0.15, -0.1) is 0 Å². The van der Waals surface area contributed by atoms with Gasteiger partial charge in [0.05, 0.1) is 0 Å². The molecule has 1 aromatic rings. The van der Waals surface area contributed by atoms with Crippen LogP contribution >= 0.6 is 0 Å². The van der Waals surface area contributed by atoms with Crippen LogP contribution in [-0.2, 0) is 0 Å². The van der Waals surface area contributed by atoms with E-state index in [2.05, 4.69) is 45.0 Å². The van der Waals surface area contributed by atoms with Gasteiger partial charge in [0, 0.05) is 0 Å². The first-order valence-corrected chi connectivity index (χ1v) is 8.10. The van der Waals surface area contributed by atoms with E-state index in [-0.39, 0.29) is 0 Å². The molecule has 0 bridgehead atoms. The minimum Gasteiger partial charge on any atom is -0.546 e. The Labute approximate surface area is 95.2 Å². The highest BCUT2D eigenvalue weighted by atomic mass is 28.3. The Hall–Kier alpha value is -0.763. The lowest BCUT2D eigenvalue weighted by Crippen LogP contribution is -2.21. The van der Waals surface area contributed by atoms with Gasteiger partial charge in [0.25, 0.3) is 0 Å². The van der Waals surface area contributed by atoms with Crippen LogP contribution in [0.1, 0.15) is 32.3 Å². The number of para-hydroxylation sites is 1. The maximum absolute atomic E-state index is 6.16. The first-order valence-electron chi connectivity index (χ1n) is 6.00. The quantitative estimate of drug-likeness (QED) is 0.663. The van der Waals surface area contributed by atoms with Gasteiger partial charge in [-0.2, -0.15) is 0 Å². The lowest BCUT2D eigenvalue weighted by atomic mass is 10.2. The van der Waals surface area contributed by atoms with E-state index in [1.54, 1.807) is 0 Å². The molecule has 2 heteroatoms. The second kappa shape index (κ2) is 6.67. The second-order valence-corrected chi connectivity index (χ2v) is 6.72. The fourth-order valence-corrected chi connectivity index (χ4v) is 4.21. The van der Waals surface area contributed by atoms with Crippen LogP contribution in [0.3, 0.4) is 0 Å². The Kier molecular flexibility index (Phi) is 5.47. The van der Waals surface area contributed by atoms with Gasteiger partial charge in [0.15, 0.2) is 0 Å². The summed E-state index contributed by atoms with van der Waals surface area (Å²) in [6.45, 7) is 6.62. The average molecular weight is 222 g/mol. The molecule has 0 fully saturated rings. The van der Waals surface area contributed by atoms with Gasteiger partial charge < -0.3 is 4.43 Å². The molecule has 0 radical (unpaired) electrons. The molecular formula is C13H22OSi. The number of benzene rings is 1. The molecule has 15 heavy (non-hydrogen) atoms. The molecule has 0 atom stereocenters. The Morgan fingerprint density at radius 1 is 1.07 bits per heavy atom. The zero-order valence-corrected chi connectivity index (χ0v) is 11.3. The lowest BCUT2D eigenvalue weighted by molar-refractivity contribution is 0.554. The summed E-state index contributed by atoms with van der Waals surface area (Å²) in [4.78, 5) is 0. The van der Waals surface area contributed by atoms with Crippen LogP contribution in [0.4, 0.5) is 0 Å². The van der Waals surface area contributed by atoms with E-state index in [1.807, 2.05) is 0 Å². The fraction of sp³-hybridized carbons (Fsp3) is 0.538. The predicted molar refractivity (Wildman–Crippen MR) is 69.2 cm³/mol. The summed E-state index contributed by atoms with van der Waals surface area (Å²) in [6.07, 6.45) is 2.51. The summed E-state index contributed by atoms with van der Waals surface area (Å²) < 4.78 is 6.16. The number of aryl methyl sites for hydroxylation is 1. The van der Waals surface area contributed by atoms with Gasteiger partial charge in [-0.3, -0.25) is 0 Å². The molecule has 0 N–H and O–H groups in total. The minimum absolute atomic E-state index is 0.988. The van der Waals surface area contributed by atoms with Gasteiger partial charge in [-0.05, 0) is 30.6 Å².